The van der Waals surface area contributed by atoms with Crippen LogP contribution in [0.25, 0.3) is 0 Å². The molecule has 0 amide bonds. The van der Waals surface area contributed by atoms with Crippen LogP contribution in [0.2, 0.25) is 0 Å². The van der Waals surface area contributed by atoms with Crippen LogP contribution in [0.3, 0.4) is 0 Å². The fraction of sp³-hybridized carbons (Fsp3) is 0.364. The van der Waals surface area contributed by atoms with E-state index in [1.807, 2.05) is 0 Å². The first-order chi connectivity index (χ1) is 7.34. The van der Waals surface area contributed by atoms with Crippen molar-refractivity contribution in [1.29, 1.82) is 0 Å². The van der Waals surface area contributed by atoms with E-state index >= 15 is 0 Å². The molecule has 0 aliphatic carbocycles. The first kappa shape index (κ1) is 13.0. The van der Waals surface area contributed by atoms with Crippen LogP contribution in [0.15, 0.2) is 23.1 Å². The lowest BCUT2D eigenvalue weighted by molar-refractivity contribution is -0.145. The van der Waals surface area contributed by atoms with Gasteiger partial charge in [-0.2, -0.15) is 0 Å². The Kier molecular flexibility index (Phi) is 3.91. The summed E-state index contributed by atoms with van der Waals surface area (Å²) in [6, 6.07) is 3.86. The zero-order valence-electron chi connectivity index (χ0n) is 8.96. The van der Waals surface area contributed by atoms with Crippen molar-refractivity contribution in [2.75, 3.05) is 5.75 Å². The minimum Gasteiger partial charge on any atom is -0.481 e. The minimum absolute atomic E-state index is 0.134. The number of carboxylic acid groups (broad SMARTS) is 1. The molecule has 1 rings (SSSR count). The lowest BCUT2D eigenvalue weighted by Gasteiger charge is -2.18. The number of aliphatic carboxylic acids is 1. The molecule has 0 aliphatic rings. The molecular weight excluding hydrogens is 234 g/mol. The van der Waals surface area contributed by atoms with E-state index in [1.54, 1.807) is 13.8 Å². The number of carboxylic acids is 1. The Morgan fingerprint density at radius 1 is 1.44 bits per heavy atom. The Balaban J connectivity index is 2.76. The maximum Gasteiger partial charge on any atom is 0.309 e. The maximum absolute atomic E-state index is 13.2. The van der Waals surface area contributed by atoms with Crippen molar-refractivity contribution in [3.8, 4) is 0 Å². The molecule has 0 radical (unpaired) electrons. The smallest absolute Gasteiger partial charge is 0.309 e. The number of halogens is 2. The lowest BCUT2D eigenvalue weighted by Crippen LogP contribution is -2.26. The molecule has 1 aromatic carbocycles. The van der Waals surface area contributed by atoms with E-state index in [4.69, 9.17) is 5.11 Å². The van der Waals surface area contributed by atoms with E-state index < -0.39 is 23.0 Å². The molecular formula is C11H12F2O2S. The highest BCUT2D eigenvalue weighted by atomic mass is 32.2. The van der Waals surface area contributed by atoms with Crippen LogP contribution in [0.1, 0.15) is 13.8 Å². The summed E-state index contributed by atoms with van der Waals surface area (Å²) in [6.45, 7) is 3.08. The first-order valence-corrected chi connectivity index (χ1v) is 5.63. The number of thioether (sulfide) groups is 1. The fourth-order valence-electron chi connectivity index (χ4n) is 0.915. The molecule has 0 aliphatic heterocycles. The summed E-state index contributed by atoms with van der Waals surface area (Å²) < 4.78 is 26.1. The Bertz CT molecular complexity index is 405. The number of hydrogen-bond acceptors (Lipinski definition) is 2. The van der Waals surface area contributed by atoms with Gasteiger partial charge < -0.3 is 5.11 Å². The third kappa shape index (κ3) is 2.95. The molecule has 5 heteroatoms. The van der Waals surface area contributed by atoms with Gasteiger partial charge in [-0.15, -0.1) is 11.8 Å². The molecule has 1 aromatic rings. The third-order valence-electron chi connectivity index (χ3n) is 2.08. The first-order valence-electron chi connectivity index (χ1n) is 4.65. The molecule has 0 spiro atoms. The van der Waals surface area contributed by atoms with Crippen molar-refractivity contribution in [2.24, 2.45) is 5.41 Å². The van der Waals surface area contributed by atoms with E-state index in [-0.39, 0.29) is 10.6 Å². The second-order valence-corrected chi connectivity index (χ2v) is 5.05. The summed E-state index contributed by atoms with van der Waals surface area (Å²) in [6.07, 6.45) is 0. The van der Waals surface area contributed by atoms with E-state index in [1.165, 1.54) is 12.1 Å². The van der Waals surface area contributed by atoms with Crippen molar-refractivity contribution in [2.45, 2.75) is 18.7 Å². The second-order valence-electron chi connectivity index (χ2n) is 4.03. The quantitative estimate of drug-likeness (QED) is 0.829. The standard InChI is InChI=1S/C11H12F2O2S/c1-11(2,10(14)15)6-16-8-5-3-4-7(12)9(8)13/h3-5H,6H2,1-2H3,(H,14,15). The van der Waals surface area contributed by atoms with Crippen LogP contribution in [-0.4, -0.2) is 16.8 Å². The van der Waals surface area contributed by atoms with Crippen LogP contribution in [0.5, 0.6) is 0 Å². The maximum atomic E-state index is 13.2. The van der Waals surface area contributed by atoms with E-state index in [0.29, 0.717) is 0 Å². The van der Waals surface area contributed by atoms with Gasteiger partial charge in [-0.1, -0.05) is 6.07 Å². The Morgan fingerprint density at radius 2 is 2.06 bits per heavy atom. The van der Waals surface area contributed by atoms with Gasteiger partial charge in [-0.05, 0) is 26.0 Å². The molecule has 0 saturated heterocycles. The van der Waals surface area contributed by atoms with Crippen LogP contribution < -0.4 is 0 Å². The predicted octanol–water partition coefficient (Wildman–Crippen LogP) is 3.17. The van der Waals surface area contributed by atoms with E-state index in [0.717, 1.165) is 17.8 Å². The van der Waals surface area contributed by atoms with Crippen LogP contribution >= 0.6 is 11.8 Å². The van der Waals surface area contributed by atoms with Gasteiger partial charge in [0.1, 0.15) is 0 Å². The highest BCUT2D eigenvalue weighted by molar-refractivity contribution is 7.99. The lowest BCUT2D eigenvalue weighted by atomic mass is 9.97. The van der Waals surface area contributed by atoms with Gasteiger partial charge in [0.25, 0.3) is 0 Å². The molecule has 88 valence electrons. The summed E-state index contributed by atoms with van der Waals surface area (Å²) in [5.74, 6) is -2.62. The van der Waals surface area contributed by atoms with Crippen molar-refractivity contribution < 1.29 is 18.7 Å². The summed E-state index contributed by atoms with van der Waals surface area (Å²) >= 11 is 1.00. The van der Waals surface area contributed by atoms with Crippen LogP contribution in [-0.2, 0) is 4.79 Å². The third-order valence-corrected chi connectivity index (χ3v) is 3.58. The van der Waals surface area contributed by atoms with Crippen molar-refractivity contribution >= 4 is 17.7 Å². The highest BCUT2D eigenvalue weighted by Crippen LogP contribution is 2.30. The monoisotopic (exact) mass is 246 g/mol. The predicted molar refractivity (Wildman–Crippen MR) is 58.5 cm³/mol. The zero-order valence-corrected chi connectivity index (χ0v) is 9.78. The molecule has 2 nitrogen and oxygen atoms in total. The molecule has 16 heavy (non-hydrogen) atoms. The molecule has 0 atom stereocenters. The molecule has 0 heterocycles. The van der Waals surface area contributed by atoms with Crippen LogP contribution in [0, 0.1) is 17.0 Å². The topological polar surface area (TPSA) is 37.3 Å². The molecule has 1 N–H and O–H groups in total. The Labute approximate surface area is 96.7 Å². The number of rotatable bonds is 4. The van der Waals surface area contributed by atoms with Gasteiger partial charge in [0.15, 0.2) is 11.6 Å². The number of hydrogen-bond donors (Lipinski definition) is 1. The normalized spacial score (nSPS) is 11.5. The number of benzene rings is 1. The zero-order chi connectivity index (χ0) is 12.3. The van der Waals surface area contributed by atoms with Crippen molar-refractivity contribution in [3.05, 3.63) is 29.8 Å². The second kappa shape index (κ2) is 4.82. The van der Waals surface area contributed by atoms with Crippen molar-refractivity contribution in [1.82, 2.24) is 0 Å². The summed E-state index contributed by atoms with van der Waals surface area (Å²) in [5, 5.41) is 8.86. The summed E-state index contributed by atoms with van der Waals surface area (Å²) in [5.41, 5.74) is -0.969. The van der Waals surface area contributed by atoms with Crippen LogP contribution in [0.4, 0.5) is 8.78 Å². The van der Waals surface area contributed by atoms with Gasteiger partial charge in [-0.25, -0.2) is 8.78 Å². The van der Waals surface area contributed by atoms with E-state index in [9.17, 15) is 13.6 Å². The van der Waals surface area contributed by atoms with E-state index in [2.05, 4.69) is 0 Å². The number of carbonyl (C=O) groups is 1. The van der Waals surface area contributed by atoms with Gasteiger partial charge in [-0.3, -0.25) is 4.79 Å². The largest absolute Gasteiger partial charge is 0.481 e. The summed E-state index contributed by atoms with van der Waals surface area (Å²) in [7, 11) is 0. The average molecular weight is 246 g/mol. The fourth-order valence-corrected chi connectivity index (χ4v) is 1.95. The van der Waals surface area contributed by atoms with Gasteiger partial charge in [0.05, 0.1) is 5.41 Å². The molecule has 0 aromatic heterocycles. The molecule has 0 fully saturated rings. The summed E-state index contributed by atoms with van der Waals surface area (Å²) in [4.78, 5) is 10.9. The molecule has 0 saturated carbocycles. The van der Waals surface area contributed by atoms with Gasteiger partial charge >= 0.3 is 5.97 Å². The van der Waals surface area contributed by atoms with Gasteiger partial charge in [0, 0.05) is 10.6 Å². The Morgan fingerprint density at radius 3 is 2.62 bits per heavy atom. The SMILES string of the molecule is CC(C)(CSc1cccc(F)c1F)C(=O)O. The molecule has 0 unspecified atom stereocenters. The Hall–Kier alpha value is -1.10. The highest BCUT2D eigenvalue weighted by Gasteiger charge is 2.27. The molecule has 0 bridgehead atoms. The van der Waals surface area contributed by atoms with Gasteiger partial charge in [0.2, 0.25) is 0 Å². The minimum atomic E-state index is -0.969. The van der Waals surface area contributed by atoms with Crippen molar-refractivity contribution in [3.63, 3.8) is 0 Å². The average Bonchev–Trinajstić information content (AvgIpc) is 2.20.